The Morgan fingerprint density at radius 3 is 1.83 bits per heavy atom. The summed E-state index contributed by atoms with van der Waals surface area (Å²) in [5.41, 5.74) is 12.3. The van der Waals surface area contributed by atoms with Crippen molar-refractivity contribution < 1.29 is 9.53 Å². The fourth-order valence-corrected chi connectivity index (χ4v) is 7.07. The molecular weight excluding hydrogens is 582 g/mol. The topological polar surface area (TPSA) is 107 Å². The van der Waals surface area contributed by atoms with Gasteiger partial charge in [0.05, 0.1) is 45.8 Å². The number of rotatable bonds is 4. The van der Waals surface area contributed by atoms with E-state index < -0.39 is 0 Å². The van der Waals surface area contributed by atoms with Crippen LogP contribution in [0.25, 0.3) is 22.1 Å². The number of esters is 1. The molecule has 2 N–H and O–H groups in total. The SMILES string of the molecule is CC(C)(C)C1CCc2nc3cc(CC#N)[nH]c3cc2C1.CC(C)(C)C1CCc2nc3cc(COC(=O)c4ccccc4)[nH]c3cc2C1. The van der Waals surface area contributed by atoms with Crippen molar-refractivity contribution in [1.82, 2.24) is 19.9 Å². The van der Waals surface area contributed by atoms with Crippen molar-refractivity contribution in [2.24, 2.45) is 22.7 Å². The van der Waals surface area contributed by atoms with Gasteiger partial charge in [0.15, 0.2) is 0 Å². The number of benzene rings is 1. The molecule has 0 saturated heterocycles. The quantitative estimate of drug-likeness (QED) is 0.193. The van der Waals surface area contributed by atoms with Crippen molar-refractivity contribution in [3.63, 3.8) is 0 Å². The molecule has 0 aliphatic heterocycles. The zero-order valence-corrected chi connectivity index (χ0v) is 28.7. The van der Waals surface area contributed by atoms with Crippen LogP contribution in [0.1, 0.15) is 98.6 Å². The third-order valence-electron chi connectivity index (χ3n) is 10.1. The molecule has 7 nitrogen and oxygen atoms in total. The van der Waals surface area contributed by atoms with Gasteiger partial charge in [0.1, 0.15) is 6.61 Å². The van der Waals surface area contributed by atoms with Crippen molar-refractivity contribution >= 4 is 28.0 Å². The van der Waals surface area contributed by atoms with E-state index in [0.29, 0.717) is 28.7 Å². The number of carbonyl (C=O) groups is 1. The number of H-pyrrole nitrogens is 2. The number of hydrogen-bond acceptors (Lipinski definition) is 5. The Kier molecular flexibility index (Phi) is 8.98. The van der Waals surface area contributed by atoms with Gasteiger partial charge in [-0.3, -0.25) is 9.97 Å². The zero-order chi connectivity index (χ0) is 33.3. The third-order valence-corrected chi connectivity index (χ3v) is 10.1. The molecule has 7 rings (SSSR count). The molecule has 2 unspecified atom stereocenters. The summed E-state index contributed by atoms with van der Waals surface area (Å²) < 4.78 is 5.43. The zero-order valence-electron chi connectivity index (χ0n) is 28.7. The molecule has 5 aromatic rings. The van der Waals surface area contributed by atoms with E-state index in [4.69, 9.17) is 20.0 Å². The molecule has 2 aliphatic carbocycles. The average Bonchev–Trinajstić information content (AvgIpc) is 3.62. The highest BCUT2D eigenvalue weighted by Crippen LogP contribution is 2.39. The van der Waals surface area contributed by atoms with Crippen LogP contribution in [0.2, 0.25) is 0 Å². The van der Waals surface area contributed by atoms with E-state index in [1.807, 2.05) is 30.3 Å². The number of nitrogens with zero attached hydrogens (tertiary/aromatic N) is 3. The van der Waals surface area contributed by atoms with Gasteiger partial charge in [0.2, 0.25) is 0 Å². The predicted molar refractivity (Wildman–Crippen MR) is 187 cm³/mol. The van der Waals surface area contributed by atoms with E-state index in [0.717, 1.165) is 65.1 Å². The number of nitriles is 1. The summed E-state index contributed by atoms with van der Waals surface area (Å²) in [5.74, 6) is 1.10. The normalized spacial score (nSPS) is 17.7. The summed E-state index contributed by atoms with van der Waals surface area (Å²) in [6.07, 6.45) is 7.16. The number of aromatic amines is 2. The summed E-state index contributed by atoms with van der Waals surface area (Å²) in [6, 6.07) is 19.7. The molecule has 47 heavy (non-hydrogen) atoms. The summed E-state index contributed by atoms with van der Waals surface area (Å²) in [6.45, 7) is 14.2. The van der Waals surface area contributed by atoms with Crippen LogP contribution in [-0.4, -0.2) is 25.9 Å². The predicted octanol–water partition coefficient (Wildman–Crippen LogP) is 8.85. The fraction of sp³-hybridized carbons (Fsp3) is 0.450. The van der Waals surface area contributed by atoms with E-state index in [1.54, 1.807) is 12.1 Å². The maximum atomic E-state index is 12.1. The molecule has 4 aromatic heterocycles. The molecule has 0 saturated carbocycles. The van der Waals surface area contributed by atoms with Gasteiger partial charge in [0, 0.05) is 17.1 Å². The second kappa shape index (κ2) is 13.0. The number of aromatic nitrogens is 4. The minimum absolute atomic E-state index is 0.222. The van der Waals surface area contributed by atoms with Gasteiger partial charge in [-0.1, -0.05) is 59.7 Å². The number of carbonyl (C=O) groups excluding carboxylic acids is 1. The van der Waals surface area contributed by atoms with Crippen molar-refractivity contribution in [3.05, 3.63) is 94.1 Å². The van der Waals surface area contributed by atoms with Crippen LogP contribution in [0, 0.1) is 34.0 Å². The van der Waals surface area contributed by atoms with Crippen LogP contribution in [0.4, 0.5) is 0 Å². The monoisotopic (exact) mass is 629 g/mol. The first-order valence-corrected chi connectivity index (χ1v) is 17.0. The number of nitrogens with one attached hydrogen (secondary N) is 2. The van der Waals surface area contributed by atoms with Gasteiger partial charge < -0.3 is 14.7 Å². The Bertz CT molecular complexity index is 1930. The van der Waals surface area contributed by atoms with Crippen molar-refractivity contribution in [1.29, 1.82) is 5.26 Å². The molecule has 7 heteroatoms. The molecule has 2 atom stereocenters. The van der Waals surface area contributed by atoms with Crippen LogP contribution in [0.5, 0.6) is 0 Å². The number of pyridine rings is 2. The Hall–Kier alpha value is -4.44. The Morgan fingerprint density at radius 1 is 0.809 bits per heavy atom. The minimum atomic E-state index is -0.311. The lowest BCUT2D eigenvalue weighted by molar-refractivity contribution is 0.0468. The molecular formula is C40H47N5O2. The minimum Gasteiger partial charge on any atom is -0.456 e. The second-order valence-corrected chi connectivity index (χ2v) is 15.5. The van der Waals surface area contributed by atoms with Crippen LogP contribution >= 0.6 is 0 Å². The van der Waals surface area contributed by atoms with Gasteiger partial charge in [0.25, 0.3) is 0 Å². The lowest BCUT2D eigenvalue weighted by Crippen LogP contribution is -2.27. The smallest absolute Gasteiger partial charge is 0.338 e. The van der Waals surface area contributed by atoms with Crippen LogP contribution in [-0.2, 0) is 43.4 Å². The lowest BCUT2D eigenvalue weighted by Gasteiger charge is -2.34. The van der Waals surface area contributed by atoms with E-state index >= 15 is 0 Å². The van der Waals surface area contributed by atoms with Crippen LogP contribution in [0.3, 0.4) is 0 Å². The maximum Gasteiger partial charge on any atom is 0.338 e. The highest BCUT2D eigenvalue weighted by Gasteiger charge is 2.30. The van der Waals surface area contributed by atoms with Gasteiger partial charge in [-0.15, -0.1) is 0 Å². The molecule has 0 spiro atoms. The number of ether oxygens (including phenoxy) is 1. The molecule has 1 aromatic carbocycles. The summed E-state index contributed by atoms with van der Waals surface area (Å²) >= 11 is 0. The Morgan fingerprint density at radius 2 is 1.32 bits per heavy atom. The average molecular weight is 630 g/mol. The summed E-state index contributed by atoms with van der Waals surface area (Å²) in [7, 11) is 0. The highest BCUT2D eigenvalue weighted by atomic mass is 16.5. The van der Waals surface area contributed by atoms with Gasteiger partial charge >= 0.3 is 5.97 Å². The molecule has 0 amide bonds. The van der Waals surface area contributed by atoms with Crippen molar-refractivity contribution in [2.45, 2.75) is 93.1 Å². The fourth-order valence-electron chi connectivity index (χ4n) is 7.07. The molecule has 244 valence electrons. The lowest BCUT2D eigenvalue weighted by atomic mass is 9.71. The number of aryl methyl sites for hydroxylation is 2. The number of fused-ring (bicyclic) bond motifs is 4. The summed E-state index contributed by atoms with van der Waals surface area (Å²) in [4.78, 5) is 28.5. The van der Waals surface area contributed by atoms with Gasteiger partial charge in [-0.25, -0.2) is 4.79 Å². The van der Waals surface area contributed by atoms with E-state index in [2.05, 4.69) is 69.7 Å². The van der Waals surface area contributed by atoms with E-state index in [-0.39, 0.29) is 12.6 Å². The first kappa shape index (κ1) is 32.5. The Labute approximate surface area is 278 Å². The first-order valence-electron chi connectivity index (χ1n) is 17.0. The maximum absolute atomic E-state index is 12.1. The standard InChI is InChI=1S/C23H26N2O2.C17H21N3/c1-23(2,3)17-9-10-19-16(11-17)12-20-21(25-19)13-18(24-20)14-27-22(26)15-7-5-4-6-8-15;1-17(2,3)12-4-5-14-11(8-12)9-15-16(20-14)10-13(19-15)6-7-18/h4-8,12-13,17,24H,9-11,14H2,1-3H3;9-10,12,19H,4-6,8H2,1-3H3. The van der Waals surface area contributed by atoms with Gasteiger partial charge in [-0.2, -0.15) is 5.26 Å². The molecule has 0 bridgehead atoms. The molecule has 2 aliphatic rings. The number of hydrogen-bond donors (Lipinski definition) is 2. The largest absolute Gasteiger partial charge is 0.456 e. The van der Waals surface area contributed by atoms with E-state index in [1.165, 1.54) is 35.4 Å². The van der Waals surface area contributed by atoms with E-state index in [9.17, 15) is 4.79 Å². The summed E-state index contributed by atoms with van der Waals surface area (Å²) in [5, 5.41) is 8.79. The van der Waals surface area contributed by atoms with Crippen LogP contribution in [0.15, 0.2) is 54.6 Å². The highest BCUT2D eigenvalue weighted by molar-refractivity contribution is 5.89. The molecule has 0 radical (unpaired) electrons. The van der Waals surface area contributed by atoms with Crippen molar-refractivity contribution in [2.75, 3.05) is 0 Å². The van der Waals surface area contributed by atoms with Gasteiger partial charge in [-0.05, 0) is 109 Å². The van der Waals surface area contributed by atoms with Crippen LogP contribution < -0.4 is 0 Å². The first-order chi connectivity index (χ1) is 22.4. The molecule has 4 heterocycles. The molecule has 0 fully saturated rings. The Balaban J connectivity index is 0.000000172. The van der Waals surface area contributed by atoms with Crippen molar-refractivity contribution in [3.8, 4) is 6.07 Å². The third kappa shape index (κ3) is 7.43. The second-order valence-electron chi connectivity index (χ2n) is 15.5.